The number of halogens is 3. The maximum atomic E-state index is 12.8. The molecule has 0 radical (unpaired) electrons. The van der Waals surface area contributed by atoms with Crippen molar-refractivity contribution in [2.45, 2.75) is 12.7 Å². The van der Waals surface area contributed by atoms with Crippen LogP contribution in [0, 0.1) is 0 Å². The third-order valence-corrected chi connectivity index (χ3v) is 4.86. The molecular weight excluding hydrogens is 431 g/mol. The molecule has 0 aliphatic rings. The minimum Gasteiger partial charge on any atom is -0.350 e. The topological polar surface area (TPSA) is 87.2 Å². The molecule has 0 unspecified atom stereocenters. The molecule has 2 aromatic heterocycles. The van der Waals surface area contributed by atoms with Gasteiger partial charge in [0.25, 0.3) is 5.91 Å². The van der Waals surface area contributed by atoms with Crippen molar-refractivity contribution in [2.75, 3.05) is 18.9 Å². The molecule has 0 saturated heterocycles. The third-order valence-electron chi connectivity index (χ3n) is 4.10. The van der Waals surface area contributed by atoms with Crippen molar-refractivity contribution in [3.05, 3.63) is 71.0 Å². The lowest BCUT2D eigenvalue weighted by Gasteiger charge is -2.15. The van der Waals surface area contributed by atoms with Gasteiger partial charge in [-0.1, -0.05) is 12.1 Å². The molecule has 0 bridgehead atoms. The van der Waals surface area contributed by atoms with Crippen LogP contribution in [-0.4, -0.2) is 40.3 Å². The van der Waals surface area contributed by atoms with Gasteiger partial charge in [0.1, 0.15) is 5.69 Å². The fourth-order valence-electron chi connectivity index (χ4n) is 2.57. The SMILES string of the molecule is CN(CC(=O)NCc1cccnc1)C(=O)c1csc(Nc2cccc(C(F)(F)F)c2)n1. The fourth-order valence-corrected chi connectivity index (χ4v) is 3.27. The smallest absolute Gasteiger partial charge is 0.350 e. The van der Waals surface area contributed by atoms with Gasteiger partial charge in [0.15, 0.2) is 5.13 Å². The molecule has 31 heavy (non-hydrogen) atoms. The lowest BCUT2D eigenvalue weighted by atomic mass is 10.2. The number of carbonyl (C=O) groups is 2. The average Bonchev–Trinajstić information content (AvgIpc) is 3.20. The molecule has 3 rings (SSSR count). The second-order valence-electron chi connectivity index (χ2n) is 6.54. The second-order valence-corrected chi connectivity index (χ2v) is 7.40. The minimum atomic E-state index is -4.46. The Balaban J connectivity index is 1.56. The van der Waals surface area contributed by atoms with Crippen LogP contribution in [0.2, 0.25) is 0 Å². The second kappa shape index (κ2) is 9.56. The Bertz CT molecular complexity index is 1060. The Labute approximate surface area is 179 Å². The monoisotopic (exact) mass is 449 g/mol. The van der Waals surface area contributed by atoms with Crippen molar-refractivity contribution in [3.63, 3.8) is 0 Å². The van der Waals surface area contributed by atoms with E-state index < -0.39 is 17.6 Å². The molecule has 2 heterocycles. The number of aromatic nitrogens is 2. The normalized spacial score (nSPS) is 11.1. The number of benzene rings is 1. The van der Waals surface area contributed by atoms with Crippen LogP contribution in [0.4, 0.5) is 24.0 Å². The van der Waals surface area contributed by atoms with Gasteiger partial charge < -0.3 is 15.5 Å². The highest BCUT2D eigenvalue weighted by molar-refractivity contribution is 7.14. The summed E-state index contributed by atoms with van der Waals surface area (Å²) in [5.41, 5.74) is 0.324. The average molecular weight is 449 g/mol. The fraction of sp³-hybridized carbons (Fsp3) is 0.200. The van der Waals surface area contributed by atoms with E-state index in [-0.39, 0.29) is 35.5 Å². The van der Waals surface area contributed by atoms with Gasteiger partial charge in [0.05, 0.1) is 12.1 Å². The molecule has 2 N–H and O–H groups in total. The van der Waals surface area contributed by atoms with Gasteiger partial charge in [-0.15, -0.1) is 11.3 Å². The standard InChI is InChI=1S/C20H18F3N5O2S/c1-28(11-17(29)25-10-13-4-3-7-24-9-13)18(30)16-12-31-19(27-16)26-15-6-2-5-14(8-15)20(21,22)23/h2-9,12H,10-11H2,1H3,(H,25,29)(H,26,27). The first-order valence-electron chi connectivity index (χ1n) is 9.03. The Morgan fingerprint density at radius 2 is 2.00 bits per heavy atom. The molecule has 0 saturated carbocycles. The summed E-state index contributed by atoms with van der Waals surface area (Å²) < 4.78 is 38.5. The van der Waals surface area contributed by atoms with E-state index in [1.54, 1.807) is 18.5 Å². The highest BCUT2D eigenvalue weighted by Gasteiger charge is 2.30. The van der Waals surface area contributed by atoms with Crippen molar-refractivity contribution in [2.24, 2.45) is 0 Å². The van der Waals surface area contributed by atoms with Crippen LogP contribution in [0.15, 0.2) is 54.2 Å². The number of hydrogen-bond donors (Lipinski definition) is 2. The van der Waals surface area contributed by atoms with Gasteiger partial charge in [0.2, 0.25) is 5.91 Å². The van der Waals surface area contributed by atoms with E-state index in [0.29, 0.717) is 0 Å². The van der Waals surface area contributed by atoms with Gasteiger partial charge in [-0.05, 0) is 29.8 Å². The first-order chi connectivity index (χ1) is 14.7. The Kier molecular flexibility index (Phi) is 6.85. The molecule has 0 spiro atoms. The number of nitrogens with one attached hydrogen (secondary N) is 2. The van der Waals surface area contributed by atoms with Gasteiger partial charge in [0, 0.05) is 37.1 Å². The number of nitrogens with zero attached hydrogens (tertiary/aromatic N) is 3. The van der Waals surface area contributed by atoms with Gasteiger partial charge in [-0.3, -0.25) is 14.6 Å². The zero-order chi connectivity index (χ0) is 22.4. The molecule has 0 fully saturated rings. The Morgan fingerprint density at radius 3 is 2.71 bits per heavy atom. The largest absolute Gasteiger partial charge is 0.416 e. The molecule has 2 amide bonds. The van der Waals surface area contributed by atoms with Crippen LogP contribution < -0.4 is 10.6 Å². The number of rotatable bonds is 7. The predicted molar refractivity (Wildman–Crippen MR) is 110 cm³/mol. The number of thiazole rings is 1. The molecule has 162 valence electrons. The summed E-state index contributed by atoms with van der Waals surface area (Å²) in [6, 6.07) is 8.25. The number of hydrogen-bond acceptors (Lipinski definition) is 6. The third kappa shape index (κ3) is 6.25. The zero-order valence-corrected chi connectivity index (χ0v) is 17.1. The zero-order valence-electron chi connectivity index (χ0n) is 16.3. The molecular formula is C20H18F3N5O2S. The summed E-state index contributed by atoms with van der Waals surface area (Å²) in [6.45, 7) is 0.115. The maximum absolute atomic E-state index is 12.8. The summed E-state index contributed by atoms with van der Waals surface area (Å²) in [5.74, 6) is -0.831. The number of amides is 2. The van der Waals surface area contributed by atoms with E-state index in [1.807, 2.05) is 6.07 Å². The maximum Gasteiger partial charge on any atom is 0.416 e. The van der Waals surface area contributed by atoms with Crippen LogP contribution in [0.5, 0.6) is 0 Å². The lowest BCUT2D eigenvalue weighted by molar-refractivity contribution is -0.137. The first-order valence-corrected chi connectivity index (χ1v) is 9.91. The van der Waals surface area contributed by atoms with Crippen LogP contribution in [-0.2, 0) is 17.5 Å². The van der Waals surface area contributed by atoms with Crippen LogP contribution in [0.25, 0.3) is 0 Å². The van der Waals surface area contributed by atoms with E-state index in [2.05, 4.69) is 20.6 Å². The van der Waals surface area contributed by atoms with Gasteiger partial charge in [-0.25, -0.2) is 4.98 Å². The van der Waals surface area contributed by atoms with E-state index in [9.17, 15) is 22.8 Å². The number of likely N-dealkylation sites (N-methyl/N-ethyl adjacent to an activating group) is 1. The van der Waals surface area contributed by atoms with E-state index in [0.717, 1.165) is 29.0 Å². The molecule has 7 nitrogen and oxygen atoms in total. The summed E-state index contributed by atoms with van der Waals surface area (Å²) in [4.78, 5) is 33.9. The Morgan fingerprint density at radius 1 is 1.19 bits per heavy atom. The summed E-state index contributed by atoms with van der Waals surface area (Å²) >= 11 is 1.07. The molecule has 3 aromatic rings. The van der Waals surface area contributed by atoms with Gasteiger partial charge in [-0.2, -0.15) is 13.2 Å². The number of carbonyl (C=O) groups excluding carboxylic acids is 2. The van der Waals surface area contributed by atoms with Gasteiger partial charge >= 0.3 is 6.18 Å². The summed E-state index contributed by atoms with van der Waals surface area (Å²) in [7, 11) is 1.46. The van der Waals surface area contributed by atoms with Crippen molar-refractivity contribution in [1.82, 2.24) is 20.2 Å². The predicted octanol–water partition coefficient (Wildman–Crippen LogP) is 3.69. The molecule has 0 atom stereocenters. The van der Waals surface area contributed by atoms with Crippen molar-refractivity contribution in [3.8, 4) is 0 Å². The lowest BCUT2D eigenvalue weighted by Crippen LogP contribution is -2.38. The van der Waals surface area contributed by atoms with E-state index >= 15 is 0 Å². The molecule has 0 aliphatic heterocycles. The van der Waals surface area contributed by atoms with E-state index in [1.165, 1.54) is 29.5 Å². The van der Waals surface area contributed by atoms with Crippen molar-refractivity contribution < 1.29 is 22.8 Å². The highest BCUT2D eigenvalue weighted by Crippen LogP contribution is 2.31. The Hall–Kier alpha value is -3.47. The minimum absolute atomic E-state index is 0.0852. The summed E-state index contributed by atoms with van der Waals surface area (Å²) in [5, 5.41) is 7.19. The number of alkyl halides is 3. The number of pyridine rings is 1. The van der Waals surface area contributed by atoms with Crippen LogP contribution >= 0.6 is 11.3 Å². The molecule has 1 aromatic carbocycles. The van der Waals surface area contributed by atoms with Crippen LogP contribution in [0.1, 0.15) is 21.6 Å². The number of anilines is 2. The van der Waals surface area contributed by atoms with Crippen molar-refractivity contribution >= 4 is 34.0 Å². The molecule has 11 heteroatoms. The first kappa shape index (κ1) is 22.2. The quantitative estimate of drug-likeness (QED) is 0.575. The van der Waals surface area contributed by atoms with Crippen molar-refractivity contribution in [1.29, 1.82) is 0 Å². The summed E-state index contributed by atoms with van der Waals surface area (Å²) in [6.07, 6.45) is -1.20. The highest BCUT2D eigenvalue weighted by atomic mass is 32.1. The molecule has 0 aliphatic carbocycles. The van der Waals surface area contributed by atoms with E-state index in [4.69, 9.17) is 0 Å². The van der Waals surface area contributed by atoms with Crippen LogP contribution in [0.3, 0.4) is 0 Å².